The van der Waals surface area contributed by atoms with Gasteiger partial charge in [0, 0.05) is 15.4 Å². The number of halogens is 2. The van der Waals surface area contributed by atoms with Gasteiger partial charge < -0.3 is 24.8 Å². The van der Waals surface area contributed by atoms with Gasteiger partial charge in [-0.2, -0.15) is 18.2 Å². The van der Waals surface area contributed by atoms with Crippen LogP contribution in [0.3, 0.4) is 0 Å². The first kappa shape index (κ1) is 34.3. The Morgan fingerprint density at radius 1 is 0.810 bits per heavy atom. The molecule has 42 heavy (non-hydrogen) atoms. The van der Waals surface area contributed by atoms with Crippen LogP contribution in [0.5, 0.6) is 0 Å². The zero-order valence-electron chi connectivity index (χ0n) is 24.8. The Kier molecular flexibility index (Phi) is 12.2. The van der Waals surface area contributed by atoms with E-state index in [0.717, 1.165) is 28.8 Å². The maximum absolute atomic E-state index is 3.73. The van der Waals surface area contributed by atoms with Gasteiger partial charge in [-0.25, -0.2) is 0 Å². The third-order valence-corrected chi connectivity index (χ3v) is 8.20. The van der Waals surface area contributed by atoms with Crippen molar-refractivity contribution < 1.29 is 51.0 Å². The molecule has 4 heteroatoms. The van der Waals surface area contributed by atoms with E-state index >= 15 is 0 Å². The van der Waals surface area contributed by atoms with Crippen LogP contribution in [0.25, 0.3) is 39.1 Å². The van der Waals surface area contributed by atoms with E-state index in [9.17, 15) is 0 Å². The normalized spacial score (nSPS) is 13.7. The smallest absolute Gasteiger partial charge is 1.00 e. The molecule has 2 aliphatic carbocycles. The van der Waals surface area contributed by atoms with Gasteiger partial charge in [0.25, 0.3) is 0 Å². The predicted octanol–water partition coefficient (Wildman–Crippen LogP) is 4.04. The van der Waals surface area contributed by atoms with E-state index in [1.807, 2.05) is 0 Å². The van der Waals surface area contributed by atoms with Crippen molar-refractivity contribution in [3.63, 3.8) is 0 Å². The Morgan fingerprint density at radius 2 is 1.52 bits per heavy atom. The molecule has 0 aliphatic heterocycles. The Hall–Kier alpha value is -2.22. The Balaban J connectivity index is 0.000000776. The van der Waals surface area contributed by atoms with Gasteiger partial charge in [0.15, 0.2) is 0 Å². The molecule has 0 amide bonds. The summed E-state index contributed by atoms with van der Waals surface area (Å²) in [5.41, 5.74) is 15.5. The summed E-state index contributed by atoms with van der Waals surface area (Å²) in [5, 5.41) is 2.64. The van der Waals surface area contributed by atoms with Crippen molar-refractivity contribution >= 4 is 26.4 Å². The number of rotatable bonds is 4. The summed E-state index contributed by atoms with van der Waals surface area (Å²) >= 11 is 0. The number of benzene rings is 5. The first-order valence-corrected chi connectivity index (χ1v) is 16.6. The van der Waals surface area contributed by atoms with E-state index in [0.29, 0.717) is 0 Å². The van der Waals surface area contributed by atoms with Gasteiger partial charge in [0.2, 0.25) is 0 Å². The number of hydrogen-bond donors (Lipinski definition) is 0. The minimum atomic E-state index is 0. The topological polar surface area (TPSA) is 0 Å². The average molecular weight is 683 g/mol. The summed E-state index contributed by atoms with van der Waals surface area (Å²) in [6.45, 7) is 8.96. The minimum Gasteiger partial charge on any atom is -1.00 e. The second kappa shape index (κ2) is 15.0. The van der Waals surface area contributed by atoms with Gasteiger partial charge in [0.1, 0.15) is 0 Å². The molecule has 0 fully saturated rings. The molecule has 2 radical (unpaired) electrons. The third-order valence-electron chi connectivity index (χ3n) is 8.20. The Morgan fingerprint density at radius 3 is 2.31 bits per heavy atom. The molecule has 0 aromatic heterocycles. The predicted molar refractivity (Wildman–Crippen MR) is 171 cm³/mol. The number of aryl methyl sites for hydroxylation is 1. The molecule has 7 rings (SSSR count). The second-order valence-electron chi connectivity index (χ2n) is 10.9. The maximum Gasteiger partial charge on any atom is 3.00 e. The monoisotopic (exact) mass is 680 g/mol. The van der Waals surface area contributed by atoms with Crippen molar-refractivity contribution in [2.75, 3.05) is 0 Å². The van der Waals surface area contributed by atoms with Gasteiger partial charge in [-0.3, -0.25) is 0 Å². The van der Waals surface area contributed by atoms with Gasteiger partial charge in [-0.05, 0) is 69.5 Å². The fraction of sp³-hybridized carbons (Fsp3) is 0.211. The summed E-state index contributed by atoms with van der Waals surface area (Å²) in [7, 11) is 0.750. The first-order valence-electron chi connectivity index (χ1n) is 14.3. The molecular formula is C38H36Cl2SiZr. The van der Waals surface area contributed by atoms with E-state index in [4.69, 9.17) is 0 Å². The van der Waals surface area contributed by atoms with E-state index in [1.54, 1.807) is 0 Å². The van der Waals surface area contributed by atoms with Crippen LogP contribution >= 0.6 is 0 Å². The molecule has 210 valence electrons. The molecule has 5 aromatic rings. The molecule has 1 atom stereocenters. The van der Waals surface area contributed by atoms with Crippen molar-refractivity contribution in [1.82, 2.24) is 0 Å². The van der Waals surface area contributed by atoms with E-state index < -0.39 is 0 Å². The van der Waals surface area contributed by atoms with Crippen LogP contribution < -0.4 is 24.8 Å². The van der Waals surface area contributed by atoms with Crippen molar-refractivity contribution in [3.05, 3.63) is 136 Å². The second-order valence-corrected chi connectivity index (χ2v) is 12.0. The van der Waals surface area contributed by atoms with Crippen molar-refractivity contribution in [3.8, 4) is 22.3 Å². The van der Waals surface area contributed by atoms with Crippen LogP contribution in [-0.4, -0.2) is 9.52 Å². The number of hydrogen-bond acceptors (Lipinski definition) is 0. The standard InChI is InChI=1S/C36H29.C2H7Si.2ClH.Zr/c1-3-10-26-22-34-30(35-23(2)19-20-24-11-4-7-14-28(24)35)16-9-18-32(34)36(26)31-17-8-15-29-27-13-6-5-12-25(27)21-33(29)31;1-3-2;;;/h4-9,11-16,18-20,22,36H,3,10,21H2,1-2H3;3H,1-2H3;2*1H;/q-1;;;;+3/p-2. The van der Waals surface area contributed by atoms with Crippen LogP contribution in [0.15, 0.2) is 96.6 Å². The van der Waals surface area contributed by atoms with Crippen LogP contribution in [0.2, 0.25) is 13.1 Å². The SMILES string of the molecule is CCCC1=Cc2c(-c3c(C)ccc4ccccc34)cccc2C1c1[c-]ccc2c1Cc1ccccc1-2.C[SiH]C.[Cl-].[Cl-].[Zr+3]. The molecule has 0 heterocycles. The molecule has 5 aromatic carbocycles. The molecule has 0 nitrogen and oxygen atoms in total. The van der Waals surface area contributed by atoms with Gasteiger partial charge >= 0.3 is 26.2 Å². The summed E-state index contributed by atoms with van der Waals surface area (Å²) in [4.78, 5) is 0. The zero-order chi connectivity index (χ0) is 26.9. The molecule has 1 unspecified atom stereocenters. The molecule has 0 saturated heterocycles. The quantitative estimate of drug-likeness (QED) is 0.195. The van der Waals surface area contributed by atoms with Gasteiger partial charge in [-0.1, -0.05) is 117 Å². The molecule has 0 N–H and O–H groups in total. The fourth-order valence-electron chi connectivity index (χ4n) is 6.64. The zero-order valence-corrected chi connectivity index (χ0v) is 29.9. The third kappa shape index (κ3) is 6.07. The summed E-state index contributed by atoms with van der Waals surface area (Å²) in [5.74, 6) is 0.277. The molecule has 2 aliphatic rings. The van der Waals surface area contributed by atoms with Crippen LogP contribution in [0, 0.1) is 13.0 Å². The largest absolute Gasteiger partial charge is 3.00 e. The molecule has 0 spiro atoms. The minimum absolute atomic E-state index is 0. The molecular weight excluding hydrogens is 647 g/mol. The van der Waals surface area contributed by atoms with Gasteiger partial charge in [0.05, 0.1) is 0 Å². The van der Waals surface area contributed by atoms with Crippen LogP contribution in [-0.2, 0) is 32.6 Å². The average Bonchev–Trinajstić information content (AvgIpc) is 3.52. The van der Waals surface area contributed by atoms with Crippen molar-refractivity contribution in [2.24, 2.45) is 0 Å². The van der Waals surface area contributed by atoms with Crippen molar-refractivity contribution in [1.29, 1.82) is 0 Å². The summed E-state index contributed by atoms with van der Waals surface area (Å²) < 4.78 is 0. The number of fused-ring (bicyclic) bond motifs is 5. The van der Waals surface area contributed by atoms with E-state index in [1.165, 1.54) is 72.0 Å². The van der Waals surface area contributed by atoms with E-state index in [-0.39, 0.29) is 56.9 Å². The van der Waals surface area contributed by atoms with Gasteiger partial charge in [-0.15, -0.1) is 16.7 Å². The number of allylic oxidation sites excluding steroid dienone is 1. The molecule has 0 bridgehead atoms. The Bertz CT molecular complexity index is 1720. The maximum atomic E-state index is 3.73. The molecule has 0 saturated carbocycles. The van der Waals surface area contributed by atoms with Crippen molar-refractivity contribution in [2.45, 2.75) is 52.1 Å². The van der Waals surface area contributed by atoms with Crippen LogP contribution in [0.1, 0.15) is 59.1 Å². The first-order chi connectivity index (χ1) is 19.2. The van der Waals surface area contributed by atoms with Crippen LogP contribution in [0.4, 0.5) is 0 Å². The van der Waals surface area contributed by atoms with E-state index in [2.05, 4.69) is 130 Å². The Labute approximate surface area is 285 Å². The summed E-state index contributed by atoms with van der Waals surface area (Å²) in [6.07, 6.45) is 5.77. The fourth-order valence-corrected chi connectivity index (χ4v) is 6.64. The summed E-state index contributed by atoms with van der Waals surface area (Å²) in [6, 6.07) is 37.3.